The monoisotopic (exact) mass is 421 g/mol. The molecule has 1 amide bonds. The number of rotatable bonds is 6. The number of carbonyl (C=O) groups is 1. The zero-order chi connectivity index (χ0) is 21.1. The third kappa shape index (κ3) is 4.21. The van der Waals surface area contributed by atoms with Crippen LogP contribution in [0.4, 0.5) is 5.95 Å². The van der Waals surface area contributed by atoms with Gasteiger partial charge in [0.25, 0.3) is 0 Å². The van der Waals surface area contributed by atoms with Gasteiger partial charge in [0.05, 0.1) is 5.69 Å². The van der Waals surface area contributed by atoms with Crippen LogP contribution in [0.2, 0.25) is 0 Å². The summed E-state index contributed by atoms with van der Waals surface area (Å²) in [6, 6.07) is 18.2. The molecule has 1 aliphatic rings. The lowest BCUT2D eigenvalue weighted by Crippen LogP contribution is -2.27. The van der Waals surface area contributed by atoms with E-state index in [0.717, 1.165) is 48.3 Å². The molecule has 0 radical (unpaired) electrons. The first-order valence-electron chi connectivity index (χ1n) is 10.2. The van der Waals surface area contributed by atoms with Gasteiger partial charge in [-0.05, 0) is 37.5 Å². The normalized spacial score (nSPS) is 14.7. The van der Waals surface area contributed by atoms with Gasteiger partial charge in [-0.25, -0.2) is 0 Å². The van der Waals surface area contributed by atoms with Crippen LogP contribution in [0.5, 0.6) is 0 Å². The average molecular weight is 422 g/mol. The Morgan fingerprint density at radius 2 is 1.67 bits per heavy atom. The maximum atomic E-state index is 13.0. The van der Waals surface area contributed by atoms with E-state index >= 15 is 0 Å². The summed E-state index contributed by atoms with van der Waals surface area (Å²) in [7, 11) is 3.58. The maximum Gasteiger partial charge on any atom is 0.240 e. The molecule has 0 bridgehead atoms. The number of benzene rings is 2. The second kappa shape index (κ2) is 8.92. The number of anilines is 1. The number of hydrogen-bond donors (Lipinski definition) is 0. The van der Waals surface area contributed by atoms with Crippen molar-refractivity contribution < 1.29 is 4.79 Å². The first-order valence-corrected chi connectivity index (χ1v) is 11.1. The second-order valence-electron chi connectivity index (χ2n) is 7.79. The highest BCUT2D eigenvalue weighted by Gasteiger charge is 2.29. The highest BCUT2D eigenvalue weighted by atomic mass is 32.2. The molecule has 3 aromatic rings. The van der Waals surface area contributed by atoms with E-state index < -0.39 is 0 Å². The SMILES string of the molecule is Cc1ccc(-n2c(SC(C(=O)N(C)C)c3ccccc3)nnc2N2CCCC2)cc1. The molecule has 2 aromatic carbocycles. The molecule has 1 atom stereocenters. The first-order chi connectivity index (χ1) is 14.5. The van der Waals surface area contributed by atoms with Gasteiger partial charge in [-0.3, -0.25) is 9.36 Å². The van der Waals surface area contributed by atoms with Crippen molar-refractivity contribution in [2.45, 2.75) is 30.2 Å². The highest BCUT2D eigenvalue weighted by molar-refractivity contribution is 8.00. The summed E-state index contributed by atoms with van der Waals surface area (Å²) in [6.45, 7) is 4.04. The fourth-order valence-corrected chi connectivity index (χ4v) is 4.81. The summed E-state index contributed by atoms with van der Waals surface area (Å²) in [5.74, 6) is 0.885. The van der Waals surface area contributed by atoms with Gasteiger partial charge in [0.2, 0.25) is 11.9 Å². The van der Waals surface area contributed by atoms with E-state index in [0.29, 0.717) is 0 Å². The molecule has 2 heterocycles. The number of amides is 1. The fourth-order valence-electron chi connectivity index (χ4n) is 3.61. The van der Waals surface area contributed by atoms with Crippen molar-refractivity contribution in [2.24, 2.45) is 0 Å². The van der Waals surface area contributed by atoms with Crippen LogP contribution in [0.25, 0.3) is 5.69 Å². The maximum absolute atomic E-state index is 13.0. The minimum Gasteiger partial charge on any atom is -0.348 e. The summed E-state index contributed by atoms with van der Waals surface area (Å²) in [6.07, 6.45) is 2.32. The molecule has 1 aromatic heterocycles. The molecular formula is C23H27N5OS. The van der Waals surface area contributed by atoms with E-state index in [2.05, 4.69) is 50.9 Å². The summed E-state index contributed by atoms with van der Waals surface area (Å²) < 4.78 is 2.09. The average Bonchev–Trinajstić information content (AvgIpc) is 3.42. The Morgan fingerprint density at radius 3 is 2.30 bits per heavy atom. The van der Waals surface area contributed by atoms with Crippen molar-refractivity contribution >= 4 is 23.6 Å². The van der Waals surface area contributed by atoms with Gasteiger partial charge in [0.1, 0.15) is 5.25 Å². The third-order valence-electron chi connectivity index (χ3n) is 5.29. The molecular weight excluding hydrogens is 394 g/mol. The smallest absolute Gasteiger partial charge is 0.240 e. The molecule has 30 heavy (non-hydrogen) atoms. The summed E-state index contributed by atoms with van der Waals surface area (Å²) >= 11 is 1.46. The van der Waals surface area contributed by atoms with Gasteiger partial charge < -0.3 is 9.80 Å². The number of hydrogen-bond acceptors (Lipinski definition) is 5. The zero-order valence-corrected chi connectivity index (χ0v) is 18.5. The van der Waals surface area contributed by atoms with Crippen LogP contribution < -0.4 is 4.90 Å². The summed E-state index contributed by atoms with van der Waals surface area (Å²) in [4.78, 5) is 17.0. The summed E-state index contributed by atoms with van der Waals surface area (Å²) in [5, 5.41) is 9.41. The van der Waals surface area contributed by atoms with Gasteiger partial charge in [0, 0.05) is 27.2 Å². The predicted molar refractivity (Wildman–Crippen MR) is 121 cm³/mol. The Hall–Kier alpha value is -2.80. The molecule has 0 spiro atoms. The van der Waals surface area contributed by atoms with Gasteiger partial charge in [-0.2, -0.15) is 0 Å². The number of aryl methyl sites for hydroxylation is 1. The molecule has 0 N–H and O–H groups in total. The molecule has 1 unspecified atom stereocenters. The molecule has 6 nitrogen and oxygen atoms in total. The van der Waals surface area contributed by atoms with E-state index in [1.807, 2.05) is 30.3 Å². The predicted octanol–water partition coefficient (Wildman–Crippen LogP) is 4.10. The third-order valence-corrected chi connectivity index (χ3v) is 6.47. The molecule has 0 saturated carbocycles. The standard InChI is InChI=1S/C23H27N5OS/c1-17-11-13-19(14-12-17)28-22(27-15-7-8-16-27)24-25-23(28)30-20(21(29)26(2)3)18-9-5-4-6-10-18/h4-6,9-14,20H,7-8,15-16H2,1-3H3. The van der Waals surface area contributed by atoms with Crippen LogP contribution in [-0.4, -0.2) is 52.8 Å². The van der Waals surface area contributed by atoms with E-state index in [9.17, 15) is 4.79 Å². The molecule has 4 rings (SSSR count). The minimum absolute atomic E-state index is 0.0346. The second-order valence-corrected chi connectivity index (χ2v) is 8.86. The van der Waals surface area contributed by atoms with Gasteiger partial charge in [-0.1, -0.05) is 59.8 Å². The van der Waals surface area contributed by atoms with Crippen molar-refractivity contribution in [3.05, 3.63) is 65.7 Å². The van der Waals surface area contributed by atoms with E-state index in [4.69, 9.17) is 0 Å². The van der Waals surface area contributed by atoms with E-state index in [-0.39, 0.29) is 11.2 Å². The number of nitrogens with zero attached hydrogens (tertiary/aromatic N) is 5. The first kappa shape index (κ1) is 20.5. The quantitative estimate of drug-likeness (QED) is 0.561. The van der Waals surface area contributed by atoms with Crippen LogP contribution >= 0.6 is 11.8 Å². The molecule has 156 valence electrons. The van der Waals surface area contributed by atoms with Crippen molar-refractivity contribution in [1.82, 2.24) is 19.7 Å². The van der Waals surface area contributed by atoms with Crippen molar-refractivity contribution in [3.63, 3.8) is 0 Å². The van der Waals surface area contributed by atoms with Crippen molar-refractivity contribution in [1.29, 1.82) is 0 Å². The Kier molecular flexibility index (Phi) is 6.08. The van der Waals surface area contributed by atoms with Crippen LogP contribution in [0.3, 0.4) is 0 Å². The van der Waals surface area contributed by atoms with E-state index in [1.54, 1.807) is 19.0 Å². The zero-order valence-electron chi connectivity index (χ0n) is 17.7. The Bertz CT molecular complexity index is 994. The largest absolute Gasteiger partial charge is 0.348 e. The molecule has 7 heteroatoms. The minimum atomic E-state index is -0.388. The topological polar surface area (TPSA) is 54.3 Å². The Labute approximate surface area is 181 Å². The van der Waals surface area contributed by atoms with Crippen molar-refractivity contribution in [2.75, 3.05) is 32.1 Å². The van der Waals surface area contributed by atoms with E-state index in [1.165, 1.54) is 17.3 Å². The Morgan fingerprint density at radius 1 is 1.00 bits per heavy atom. The van der Waals surface area contributed by atoms with Gasteiger partial charge in [-0.15, -0.1) is 10.2 Å². The fraction of sp³-hybridized carbons (Fsp3) is 0.348. The van der Waals surface area contributed by atoms with Gasteiger partial charge in [0.15, 0.2) is 5.16 Å². The molecule has 1 saturated heterocycles. The number of thioether (sulfide) groups is 1. The van der Waals surface area contributed by atoms with Crippen molar-refractivity contribution in [3.8, 4) is 5.69 Å². The van der Waals surface area contributed by atoms with Crippen LogP contribution in [0.15, 0.2) is 59.8 Å². The van der Waals surface area contributed by atoms with Crippen LogP contribution in [0, 0.1) is 6.92 Å². The molecule has 0 aliphatic carbocycles. The number of carbonyl (C=O) groups excluding carboxylic acids is 1. The lowest BCUT2D eigenvalue weighted by molar-refractivity contribution is -0.128. The molecule has 1 fully saturated rings. The lowest BCUT2D eigenvalue weighted by Gasteiger charge is -2.22. The highest BCUT2D eigenvalue weighted by Crippen LogP contribution is 2.38. The van der Waals surface area contributed by atoms with Crippen LogP contribution in [-0.2, 0) is 4.79 Å². The lowest BCUT2D eigenvalue weighted by atomic mass is 10.1. The summed E-state index contributed by atoms with van der Waals surface area (Å²) in [5.41, 5.74) is 3.18. The number of likely N-dealkylation sites (N-methyl/N-ethyl adjacent to an activating group) is 1. The van der Waals surface area contributed by atoms with Crippen LogP contribution in [0.1, 0.15) is 29.2 Å². The Balaban J connectivity index is 1.77. The molecule has 1 aliphatic heterocycles. The number of aromatic nitrogens is 3. The van der Waals surface area contributed by atoms with Gasteiger partial charge >= 0.3 is 0 Å².